The first-order chi connectivity index (χ1) is 21.6. The maximum atomic E-state index is 13.5. The number of amides is 1. The van der Waals surface area contributed by atoms with Crippen LogP contribution >= 0.6 is 23.2 Å². The van der Waals surface area contributed by atoms with Crippen molar-refractivity contribution in [2.75, 3.05) is 32.7 Å². The highest BCUT2D eigenvalue weighted by Gasteiger charge is 2.52. The molecule has 254 valence electrons. The Morgan fingerprint density at radius 1 is 0.787 bits per heavy atom. The molecule has 0 aliphatic carbocycles. The van der Waals surface area contributed by atoms with Crippen LogP contribution in [0.25, 0.3) is 0 Å². The molecule has 4 heterocycles. The number of cyclic esters (lactones) is 1. The van der Waals surface area contributed by atoms with Crippen LogP contribution < -0.4 is 12.4 Å². The van der Waals surface area contributed by atoms with E-state index in [0.717, 1.165) is 54.7 Å². The molecule has 47 heavy (non-hydrogen) atoms. The van der Waals surface area contributed by atoms with Crippen LogP contribution in [0.5, 0.6) is 0 Å². The predicted octanol–water partition coefficient (Wildman–Crippen LogP) is 6.52. The molecule has 1 amide bonds. The third-order valence-electron chi connectivity index (χ3n) is 10.2. The number of hydrogen-bond donors (Lipinski definition) is 0. The molecular weight excluding hydrogens is 689 g/mol. The molecule has 4 fully saturated rings. The average Bonchev–Trinajstić information content (AvgIpc) is 3.33. The van der Waals surface area contributed by atoms with Gasteiger partial charge >= 0.3 is 18.4 Å². The second kappa shape index (κ2) is 13.0. The SMILES string of the molecule is O=C1OC(CC[N+]23CCC(Cc4ccccc4)(CC2)CC3)(c2ccc(Cl)c(Cl)c2)CN1Cc1cc(C(F)(F)F)cc(C(F)(F)F)c1.[Cl-]. The summed E-state index contributed by atoms with van der Waals surface area (Å²) in [5.74, 6) is 0. The molecule has 4 aliphatic rings. The Bertz CT molecular complexity index is 1560. The molecule has 0 radical (unpaired) electrons. The van der Waals surface area contributed by atoms with Crippen LogP contribution in [-0.2, 0) is 35.7 Å². The smallest absolute Gasteiger partial charge is 0.416 e. The van der Waals surface area contributed by atoms with E-state index in [1.165, 1.54) is 5.56 Å². The van der Waals surface area contributed by atoms with Crippen molar-refractivity contribution in [3.63, 3.8) is 0 Å². The lowest BCUT2D eigenvalue weighted by Crippen LogP contribution is -3.00. The van der Waals surface area contributed by atoms with Crippen molar-refractivity contribution in [1.82, 2.24) is 4.90 Å². The minimum Gasteiger partial charge on any atom is -1.00 e. The summed E-state index contributed by atoms with van der Waals surface area (Å²) in [5.41, 5.74) is -2.22. The summed E-state index contributed by atoms with van der Waals surface area (Å²) in [4.78, 5) is 14.5. The molecule has 4 nitrogen and oxygen atoms in total. The van der Waals surface area contributed by atoms with E-state index in [0.29, 0.717) is 35.7 Å². The number of benzene rings is 3. The number of ether oxygens (including phenoxy) is 1. The van der Waals surface area contributed by atoms with E-state index in [2.05, 4.69) is 24.3 Å². The van der Waals surface area contributed by atoms with Crippen molar-refractivity contribution in [3.05, 3.63) is 105 Å². The van der Waals surface area contributed by atoms with Gasteiger partial charge in [0.2, 0.25) is 0 Å². The van der Waals surface area contributed by atoms with Crippen molar-refractivity contribution < 1.29 is 52.8 Å². The highest BCUT2D eigenvalue weighted by Crippen LogP contribution is 2.48. The Morgan fingerprint density at radius 3 is 1.94 bits per heavy atom. The Labute approximate surface area is 285 Å². The molecule has 0 spiro atoms. The van der Waals surface area contributed by atoms with Crippen LogP contribution in [0.1, 0.15) is 53.5 Å². The normalized spacial score (nSPS) is 25.9. The molecule has 4 saturated heterocycles. The Morgan fingerprint density at radius 2 is 1.38 bits per heavy atom. The monoisotopic (exact) mass is 720 g/mol. The predicted molar refractivity (Wildman–Crippen MR) is 162 cm³/mol. The standard InChI is InChI=1S/C34H33Cl2F6N2O2.ClH/c35-28-7-6-25(19-29(28)36)32(11-15-44-12-8-31(9-13-44,10-14-44)20-23-4-2-1-3-5-23)22-43(30(45)46-32)21-24-16-26(33(37,38)39)18-27(17-24)34(40,41)42;/h1-7,16-19H,8-15,20-22H2;1H/q+1;/p-1. The highest BCUT2D eigenvalue weighted by atomic mass is 35.5. The summed E-state index contributed by atoms with van der Waals surface area (Å²) in [6.07, 6.45) is -6.16. The lowest BCUT2D eigenvalue weighted by atomic mass is 9.67. The van der Waals surface area contributed by atoms with E-state index in [-0.39, 0.29) is 41.0 Å². The van der Waals surface area contributed by atoms with Gasteiger partial charge in [0.15, 0.2) is 5.60 Å². The average molecular weight is 722 g/mol. The zero-order chi connectivity index (χ0) is 33.0. The summed E-state index contributed by atoms with van der Waals surface area (Å²) in [6.45, 7) is 3.06. The molecule has 2 bridgehead atoms. The minimum atomic E-state index is -5.00. The number of piperidine rings is 3. The van der Waals surface area contributed by atoms with Crippen LogP contribution in [0.4, 0.5) is 31.1 Å². The van der Waals surface area contributed by atoms with Crippen molar-refractivity contribution in [1.29, 1.82) is 0 Å². The van der Waals surface area contributed by atoms with E-state index in [9.17, 15) is 31.1 Å². The summed E-state index contributed by atoms with van der Waals surface area (Å²) in [5, 5.41) is 0.545. The highest BCUT2D eigenvalue weighted by molar-refractivity contribution is 6.42. The molecule has 0 aromatic heterocycles. The minimum absolute atomic E-state index is 0. The number of carbonyl (C=O) groups is 1. The maximum Gasteiger partial charge on any atom is 0.416 e. The fourth-order valence-electron chi connectivity index (χ4n) is 7.47. The summed E-state index contributed by atoms with van der Waals surface area (Å²) >= 11 is 12.5. The molecule has 0 saturated carbocycles. The number of fused-ring (bicyclic) bond motifs is 3. The fraction of sp³-hybridized carbons (Fsp3) is 0.441. The molecule has 13 heteroatoms. The molecule has 0 N–H and O–H groups in total. The largest absolute Gasteiger partial charge is 1.00 e. The van der Waals surface area contributed by atoms with E-state index in [4.69, 9.17) is 27.9 Å². The van der Waals surface area contributed by atoms with Gasteiger partial charge in [-0.15, -0.1) is 0 Å². The second-order valence-corrected chi connectivity index (χ2v) is 14.0. The van der Waals surface area contributed by atoms with Gasteiger partial charge in [-0.25, -0.2) is 4.79 Å². The molecule has 7 rings (SSSR count). The van der Waals surface area contributed by atoms with Crippen LogP contribution in [-0.4, -0.2) is 48.2 Å². The number of rotatable bonds is 8. The van der Waals surface area contributed by atoms with E-state index >= 15 is 0 Å². The van der Waals surface area contributed by atoms with Crippen LogP contribution in [0.2, 0.25) is 10.0 Å². The topological polar surface area (TPSA) is 29.5 Å². The first-order valence-corrected chi connectivity index (χ1v) is 16.0. The van der Waals surface area contributed by atoms with Gasteiger partial charge in [0, 0.05) is 32.2 Å². The number of carbonyl (C=O) groups excluding carboxylic acids is 1. The van der Waals surface area contributed by atoms with Crippen LogP contribution in [0, 0.1) is 5.41 Å². The number of alkyl halides is 6. The van der Waals surface area contributed by atoms with Crippen LogP contribution in [0.15, 0.2) is 66.7 Å². The molecule has 1 unspecified atom stereocenters. The zero-order valence-corrected chi connectivity index (χ0v) is 27.5. The number of quaternary nitrogens is 1. The third-order valence-corrected chi connectivity index (χ3v) is 11.0. The fourth-order valence-corrected chi connectivity index (χ4v) is 7.77. The summed E-state index contributed by atoms with van der Waals surface area (Å²) < 4.78 is 88.1. The molecule has 4 aliphatic heterocycles. The van der Waals surface area contributed by atoms with Crippen molar-refractivity contribution in [2.24, 2.45) is 5.41 Å². The van der Waals surface area contributed by atoms with Crippen LogP contribution in [0.3, 0.4) is 0 Å². The number of nitrogens with zero attached hydrogens (tertiary/aromatic N) is 2. The molecule has 3 aromatic rings. The van der Waals surface area contributed by atoms with Gasteiger partial charge in [-0.3, -0.25) is 4.90 Å². The lowest BCUT2D eigenvalue weighted by Gasteiger charge is -2.55. The number of halogens is 9. The summed E-state index contributed by atoms with van der Waals surface area (Å²) in [7, 11) is 0. The summed E-state index contributed by atoms with van der Waals surface area (Å²) in [6, 6.07) is 16.8. The molecular formula is C34H33Cl3F6N2O2. The van der Waals surface area contributed by atoms with Crippen molar-refractivity contribution in [3.8, 4) is 0 Å². The van der Waals surface area contributed by atoms with Gasteiger partial charge in [-0.05, 0) is 58.9 Å². The third kappa shape index (κ3) is 7.51. The van der Waals surface area contributed by atoms with Gasteiger partial charge < -0.3 is 21.6 Å². The van der Waals surface area contributed by atoms with Gasteiger partial charge in [0.1, 0.15) is 0 Å². The van der Waals surface area contributed by atoms with Gasteiger partial charge in [0.25, 0.3) is 0 Å². The van der Waals surface area contributed by atoms with E-state index < -0.39 is 41.7 Å². The lowest BCUT2D eigenvalue weighted by molar-refractivity contribution is -0.946. The van der Waals surface area contributed by atoms with Crippen molar-refractivity contribution in [2.45, 2.75) is 56.6 Å². The Balaban J connectivity index is 0.00000433. The van der Waals surface area contributed by atoms with E-state index in [1.807, 2.05) is 6.07 Å². The van der Waals surface area contributed by atoms with Gasteiger partial charge in [-0.1, -0.05) is 59.6 Å². The van der Waals surface area contributed by atoms with Gasteiger partial charge in [0.05, 0.1) is 53.9 Å². The molecule has 3 aromatic carbocycles. The zero-order valence-electron chi connectivity index (χ0n) is 25.2. The maximum absolute atomic E-state index is 13.5. The first-order valence-electron chi connectivity index (χ1n) is 15.2. The van der Waals surface area contributed by atoms with Crippen molar-refractivity contribution >= 4 is 29.3 Å². The van der Waals surface area contributed by atoms with Gasteiger partial charge in [-0.2, -0.15) is 26.3 Å². The Kier molecular flexibility index (Phi) is 9.85. The molecule has 1 atom stereocenters. The van der Waals surface area contributed by atoms with E-state index in [1.54, 1.807) is 18.2 Å². The second-order valence-electron chi connectivity index (χ2n) is 13.2. The Hall–Kier alpha value is -2.66. The first kappa shape index (κ1) is 35.6. The quantitative estimate of drug-likeness (QED) is 0.196. The number of hydrogen-bond acceptors (Lipinski definition) is 2.